The number of benzene rings is 1. The van der Waals surface area contributed by atoms with E-state index in [1.165, 1.54) is 12.1 Å². The second-order valence-electron chi connectivity index (χ2n) is 6.86. The van der Waals surface area contributed by atoms with Crippen LogP contribution in [0.4, 0.5) is 5.69 Å². The molecule has 0 aliphatic carbocycles. The normalized spacial score (nSPS) is 16.6. The monoisotopic (exact) mass is 400 g/mol. The van der Waals surface area contributed by atoms with Gasteiger partial charge in [-0.25, -0.2) is 4.98 Å². The first-order valence-electron chi connectivity index (χ1n) is 9.25. The number of rotatable bonds is 4. The third-order valence-electron chi connectivity index (χ3n) is 4.57. The lowest BCUT2D eigenvalue weighted by Gasteiger charge is -2.17. The average molecular weight is 401 g/mol. The van der Waals surface area contributed by atoms with Gasteiger partial charge in [-0.1, -0.05) is 18.6 Å². The number of nitrogens with one attached hydrogen (secondary N) is 1. The summed E-state index contributed by atoms with van der Waals surface area (Å²) < 4.78 is 29.6. The van der Waals surface area contributed by atoms with Gasteiger partial charge in [-0.3, -0.25) is 4.79 Å². The van der Waals surface area contributed by atoms with Crippen LogP contribution in [-0.4, -0.2) is 43.6 Å². The molecule has 8 heteroatoms. The number of aromatic nitrogens is 1. The maximum absolute atomic E-state index is 12.8. The smallest absolute Gasteiger partial charge is 0.284 e. The van der Waals surface area contributed by atoms with E-state index in [1.54, 1.807) is 37.3 Å². The van der Waals surface area contributed by atoms with Crippen LogP contribution < -0.4 is 5.32 Å². The van der Waals surface area contributed by atoms with Crippen LogP contribution in [0.15, 0.2) is 51.8 Å². The van der Waals surface area contributed by atoms with Crippen LogP contribution in [0.25, 0.3) is 0 Å². The van der Waals surface area contributed by atoms with Gasteiger partial charge < -0.3 is 10.2 Å². The number of sulfonamides is 1. The highest BCUT2D eigenvalue weighted by atomic mass is 32.2. The average Bonchev–Trinajstić information content (AvgIpc) is 2.86. The SMILES string of the molecule is Cc1cccc(C(=O)Nc2cccc(S(=O)(=O)/N=C3\CCCCCN3C)c2)n1. The molecule has 0 unspecified atom stereocenters. The number of aryl methyl sites for hydroxylation is 1. The zero-order chi connectivity index (χ0) is 20.1. The van der Waals surface area contributed by atoms with Gasteiger partial charge in [-0.05, 0) is 50.1 Å². The van der Waals surface area contributed by atoms with E-state index in [1.807, 2.05) is 11.9 Å². The summed E-state index contributed by atoms with van der Waals surface area (Å²) in [6.07, 6.45) is 3.67. The van der Waals surface area contributed by atoms with Crippen molar-refractivity contribution in [1.29, 1.82) is 0 Å². The molecule has 7 nitrogen and oxygen atoms in total. The zero-order valence-corrected chi connectivity index (χ0v) is 16.9. The lowest BCUT2D eigenvalue weighted by atomic mass is 10.2. The summed E-state index contributed by atoms with van der Waals surface area (Å²) >= 11 is 0. The van der Waals surface area contributed by atoms with Crippen LogP contribution >= 0.6 is 0 Å². The summed E-state index contributed by atoms with van der Waals surface area (Å²) in [4.78, 5) is 18.5. The molecule has 1 aliphatic rings. The minimum Gasteiger partial charge on any atom is -0.362 e. The molecule has 1 aliphatic heterocycles. The lowest BCUT2D eigenvalue weighted by molar-refractivity contribution is 0.102. The first-order chi connectivity index (χ1) is 13.3. The van der Waals surface area contributed by atoms with Crippen molar-refractivity contribution in [3.8, 4) is 0 Å². The Bertz CT molecular complexity index is 1000. The summed E-state index contributed by atoms with van der Waals surface area (Å²) in [5, 5.41) is 2.70. The Morgan fingerprint density at radius 3 is 2.71 bits per heavy atom. The number of anilines is 1. The molecule has 1 saturated heterocycles. The lowest BCUT2D eigenvalue weighted by Crippen LogP contribution is -2.26. The van der Waals surface area contributed by atoms with Gasteiger partial charge in [0.05, 0.1) is 4.90 Å². The van der Waals surface area contributed by atoms with Crippen molar-refractivity contribution in [2.75, 3.05) is 18.9 Å². The fourth-order valence-corrected chi connectivity index (χ4v) is 4.17. The molecule has 1 amide bonds. The van der Waals surface area contributed by atoms with E-state index >= 15 is 0 Å². The Morgan fingerprint density at radius 2 is 1.93 bits per heavy atom. The van der Waals surface area contributed by atoms with Crippen molar-refractivity contribution in [1.82, 2.24) is 9.88 Å². The predicted molar refractivity (Wildman–Crippen MR) is 109 cm³/mol. The minimum absolute atomic E-state index is 0.0487. The van der Waals surface area contributed by atoms with Crippen molar-refractivity contribution in [2.45, 2.75) is 37.5 Å². The van der Waals surface area contributed by atoms with Crippen molar-refractivity contribution in [2.24, 2.45) is 4.40 Å². The van der Waals surface area contributed by atoms with E-state index < -0.39 is 15.9 Å². The third kappa shape index (κ3) is 4.95. The molecule has 1 aromatic heterocycles. The summed E-state index contributed by atoms with van der Waals surface area (Å²) in [5.41, 5.74) is 1.38. The second kappa shape index (κ2) is 8.52. The van der Waals surface area contributed by atoms with Gasteiger partial charge in [0.25, 0.3) is 15.9 Å². The maximum Gasteiger partial charge on any atom is 0.284 e. The number of likely N-dealkylation sites (tertiary alicyclic amines) is 1. The number of pyridine rings is 1. The summed E-state index contributed by atoms with van der Waals surface area (Å²) in [6.45, 7) is 2.60. The molecular formula is C20H24N4O3S. The molecule has 1 N–H and O–H groups in total. The number of carbonyl (C=O) groups excluding carboxylic acids is 1. The molecule has 0 radical (unpaired) electrons. The van der Waals surface area contributed by atoms with E-state index in [0.29, 0.717) is 17.9 Å². The van der Waals surface area contributed by atoms with Crippen LogP contribution in [0.2, 0.25) is 0 Å². The van der Waals surface area contributed by atoms with Crippen molar-refractivity contribution in [3.63, 3.8) is 0 Å². The number of hydrogen-bond donors (Lipinski definition) is 1. The molecule has 2 aromatic rings. The highest BCUT2D eigenvalue weighted by molar-refractivity contribution is 7.90. The second-order valence-corrected chi connectivity index (χ2v) is 8.47. The fraction of sp³-hybridized carbons (Fsp3) is 0.350. The van der Waals surface area contributed by atoms with Crippen molar-refractivity contribution >= 4 is 27.5 Å². The molecule has 0 bridgehead atoms. The van der Waals surface area contributed by atoms with Gasteiger partial charge in [0.2, 0.25) is 0 Å². The van der Waals surface area contributed by atoms with Gasteiger partial charge in [0.15, 0.2) is 0 Å². The van der Waals surface area contributed by atoms with Crippen LogP contribution in [-0.2, 0) is 10.0 Å². The van der Waals surface area contributed by atoms with Gasteiger partial charge in [-0.15, -0.1) is 4.40 Å². The van der Waals surface area contributed by atoms with Crippen LogP contribution in [0, 0.1) is 6.92 Å². The first kappa shape index (κ1) is 20.0. The number of hydrogen-bond acceptors (Lipinski definition) is 4. The van der Waals surface area contributed by atoms with Crippen molar-refractivity contribution in [3.05, 3.63) is 53.9 Å². The Hall–Kier alpha value is -2.74. The molecule has 1 aromatic carbocycles. The molecule has 0 atom stereocenters. The molecule has 3 rings (SSSR count). The quantitative estimate of drug-likeness (QED) is 0.851. The van der Waals surface area contributed by atoms with Crippen LogP contribution in [0.1, 0.15) is 41.9 Å². The number of amides is 1. The minimum atomic E-state index is -3.86. The number of nitrogens with zero attached hydrogens (tertiary/aromatic N) is 3. The Balaban J connectivity index is 1.83. The number of amidine groups is 1. The fourth-order valence-electron chi connectivity index (χ4n) is 3.03. The molecule has 1 fully saturated rings. The van der Waals surface area contributed by atoms with E-state index in [4.69, 9.17) is 0 Å². The molecule has 0 spiro atoms. The van der Waals surface area contributed by atoms with Crippen LogP contribution in [0.5, 0.6) is 0 Å². The first-order valence-corrected chi connectivity index (χ1v) is 10.7. The predicted octanol–water partition coefficient (Wildman–Crippen LogP) is 3.24. The summed E-state index contributed by atoms with van der Waals surface area (Å²) in [7, 11) is -1.99. The van der Waals surface area contributed by atoms with Gasteiger partial charge in [-0.2, -0.15) is 8.42 Å². The molecule has 28 heavy (non-hydrogen) atoms. The van der Waals surface area contributed by atoms with Gasteiger partial charge in [0, 0.05) is 31.4 Å². The molecule has 148 valence electrons. The van der Waals surface area contributed by atoms with Gasteiger partial charge >= 0.3 is 0 Å². The van der Waals surface area contributed by atoms with E-state index in [2.05, 4.69) is 14.7 Å². The highest BCUT2D eigenvalue weighted by Crippen LogP contribution is 2.20. The van der Waals surface area contributed by atoms with Gasteiger partial charge in [0.1, 0.15) is 11.5 Å². The van der Waals surface area contributed by atoms with Crippen LogP contribution in [0.3, 0.4) is 0 Å². The van der Waals surface area contributed by atoms with E-state index in [0.717, 1.165) is 31.5 Å². The molecular weight excluding hydrogens is 376 g/mol. The van der Waals surface area contributed by atoms with E-state index in [-0.39, 0.29) is 10.6 Å². The largest absolute Gasteiger partial charge is 0.362 e. The summed E-state index contributed by atoms with van der Waals surface area (Å²) in [5.74, 6) is 0.184. The standard InChI is InChI=1S/C20H24N4O3S/c1-15-8-6-11-18(21-15)20(25)22-16-9-7-10-17(14-16)28(26,27)23-19-12-4-3-5-13-24(19)2/h6-11,14H,3-5,12-13H2,1-2H3,(H,22,25)/b23-19+. The zero-order valence-electron chi connectivity index (χ0n) is 16.1. The summed E-state index contributed by atoms with van der Waals surface area (Å²) in [6, 6.07) is 11.3. The topological polar surface area (TPSA) is 91.7 Å². The Kier molecular flexibility index (Phi) is 6.08. The molecule has 0 saturated carbocycles. The number of carbonyl (C=O) groups is 1. The Labute approximate surface area is 165 Å². The maximum atomic E-state index is 12.8. The Morgan fingerprint density at radius 1 is 1.14 bits per heavy atom. The van der Waals surface area contributed by atoms with E-state index in [9.17, 15) is 13.2 Å². The van der Waals surface area contributed by atoms with Crippen molar-refractivity contribution < 1.29 is 13.2 Å². The molecule has 2 heterocycles. The third-order valence-corrected chi connectivity index (χ3v) is 5.87. The highest BCUT2D eigenvalue weighted by Gasteiger charge is 2.19.